The number of ether oxygens (including phenoxy) is 1. The summed E-state index contributed by atoms with van der Waals surface area (Å²) in [5.41, 5.74) is 1.38. The molecule has 0 bridgehead atoms. The van der Waals surface area contributed by atoms with E-state index in [0.29, 0.717) is 27.8 Å². The van der Waals surface area contributed by atoms with Gasteiger partial charge < -0.3 is 18.9 Å². The summed E-state index contributed by atoms with van der Waals surface area (Å²) < 4.78 is 15.5. The molecule has 7 nitrogen and oxygen atoms in total. The minimum Gasteiger partial charge on any atom is -0.457 e. The molecule has 2 heterocycles. The van der Waals surface area contributed by atoms with Gasteiger partial charge in [0.05, 0.1) is 6.26 Å². The van der Waals surface area contributed by atoms with Crippen molar-refractivity contribution in [2.24, 2.45) is 0 Å². The van der Waals surface area contributed by atoms with Gasteiger partial charge in [-0.15, -0.1) is 0 Å². The van der Waals surface area contributed by atoms with Gasteiger partial charge >= 0.3 is 11.6 Å². The van der Waals surface area contributed by atoms with Gasteiger partial charge in [-0.1, -0.05) is 0 Å². The second-order valence-corrected chi connectivity index (χ2v) is 5.49. The summed E-state index contributed by atoms with van der Waals surface area (Å²) in [6.07, 6.45) is 1.40. The van der Waals surface area contributed by atoms with Gasteiger partial charge in [-0.3, -0.25) is 4.79 Å². The number of hydrogen-bond acceptors (Lipinski definition) is 6. The van der Waals surface area contributed by atoms with Gasteiger partial charge in [0.2, 0.25) is 11.7 Å². The summed E-state index contributed by atoms with van der Waals surface area (Å²) in [6.45, 7) is 3.00. The van der Waals surface area contributed by atoms with E-state index >= 15 is 0 Å². The van der Waals surface area contributed by atoms with Gasteiger partial charge in [0.15, 0.2) is 0 Å². The number of anilines is 1. The number of rotatable bonds is 4. The second kappa shape index (κ2) is 6.64. The van der Waals surface area contributed by atoms with Crippen LogP contribution in [-0.2, 0) is 16.1 Å². The first-order valence-corrected chi connectivity index (χ1v) is 7.49. The molecule has 7 heteroatoms. The SMILES string of the molecule is CC(=O)Nc1ccc2c(COC(=O)c3occc3C)cc(=O)oc2c1. The van der Waals surface area contributed by atoms with E-state index in [4.69, 9.17) is 13.6 Å². The molecule has 1 aromatic carbocycles. The van der Waals surface area contributed by atoms with Crippen molar-refractivity contribution in [3.05, 3.63) is 63.9 Å². The highest BCUT2D eigenvalue weighted by Gasteiger charge is 2.15. The van der Waals surface area contributed by atoms with Crippen LogP contribution in [-0.4, -0.2) is 11.9 Å². The average Bonchev–Trinajstić information content (AvgIpc) is 2.97. The summed E-state index contributed by atoms with van der Waals surface area (Å²) in [5, 5.41) is 3.22. The van der Waals surface area contributed by atoms with Crippen molar-refractivity contribution >= 4 is 28.5 Å². The molecule has 3 aromatic rings. The molecule has 3 rings (SSSR count). The summed E-state index contributed by atoms with van der Waals surface area (Å²) in [7, 11) is 0. The third-order valence-corrected chi connectivity index (χ3v) is 3.56. The van der Waals surface area contributed by atoms with Crippen LogP contribution in [0.3, 0.4) is 0 Å². The zero-order valence-corrected chi connectivity index (χ0v) is 13.6. The standard InChI is InChI=1S/C18H15NO6/c1-10-5-6-23-17(10)18(22)24-9-12-7-16(21)25-15-8-13(19-11(2)20)3-4-14(12)15/h3-8H,9H2,1-2H3,(H,19,20). The Labute approximate surface area is 142 Å². The molecule has 0 radical (unpaired) electrons. The lowest BCUT2D eigenvalue weighted by Crippen LogP contribution is -2.09. The van der Waals surface area contributed by atoms with E-state index in [1.54, 1.807) is 31.2 Å². The number of hydrogen-bond donors (Lipinski definition) is 1. The molecule has 0 aliphatic rings. The van der Waals surface area contributed by atoms with E-state index in [1.807, 2.05) is 0 Å². The van der Waals surface area contributed by atoms with Crippen molar-refractivity contribution in [1.29, 1.82) is 0 Å². The van der Waals surface area contributed by atoms with Crippen LogP contribution in [0.25, 0.3) is 11.0 Å². The molecule has 1 N–H and O–H groups in total. The molecule has 128 valence electrons. The minimum atomic E-state index is -0.612. The van der Waals surface area contributed by atoms with Crippen LogP contribution in [0.5, 0.6) is 0 Å². The monoisotopic (exact) mass is 341 g/mol. The summed E-state index contributed by atoms with van der Waals surface area (Å²) >= 11 is 0. The van der Waals surface area contributed by atoms with Gasteiger partial charge in [0, 0.05) is 41.3 Å². The molecule has 0 unspecified atom stereocenters. The molecule has 0 fully saturated rings. The fourth-order valence-corrected chi connectivity index (χ4v) is 2.42. The van der Waals surface area contributed by atoms with Crippen molar-refractivity contribution in [2.75, 3.05) is 5.32 Å². The summed E-state index contributed by atoms with van der Waals surface area (Å²) in [6, 6.07) is 7.83. The Balaban J connectivity index is 1.88. The molecular weight excluding hydrogens is 326 g/mol. The number of furan rings is 1. The first-order valence-electron chi connectivity index (χ1n) is 7.49. The van der Waals surface area contributed by atoms with Crippen molar-refractivity contribution in [1.82, 2.24) is 0 Å². The largest absolute Gasteiger partial charge is 0.457 e. The first kappa shape index (κ1) is 16.5. The molecule has 0 aliphatic heterocycles. The quantitative estimate of drug-likeness (QED) is 0.578. The fourth-order valence-electron chi connectivity index (χ4n) is 2.42. The van der Waals surface area contributed by atoms with Crippen LogP contribution >= 0.6 is 0 Å². The Kier molecular flexibility index (Phi) is 4.38. The van der Waals surface area contributed by atoms with E-state index < -0.39 is 11.6 Å². The molecule has 25 heavy (non-hydrogen) atoms. The minimum absolute atomic E-state index is 0.111. The average molecular weight is 341 g/mol. The zero-order chi connectivity index (χ0) is 18.0. The number of esters is 1. The van der Waals surface area contributed by atoms with Crippen molar-refractivity contribution in [3.8, 4) is 0 Å². The van der Waals surface area contributed by atoms with Crippen molar-refractivity contribution in [2.45, 2.75) is 20.5 Å². The normalized spacial score (nSPS) is 10.6. The smallest absolute Gasteiger partial charge is 0.374 e. The highest BCUT2D eigenvalue weighted by atomic mass is 16.5. The number of fused-ring (bicyclic) bond motifs is 1. The lowest BCUT2D eigenvalue weighted by Gasteiger charge is -2.08. The summed E-state index contributed by atoms with van der Waals surface area (Å²) in [5.74, 6) is -0.723. The predicted molar refractivity (Wildman–Crippen MR) is 89.4 cm³/mol. The number of carbonyl (C=O) groups excluding carboxylic acids is 2. The van der Waals surface area contributed by atoms with Crippen LogP contribution in [0.2, 0.25) is 0 Å². The van der Waals surface area contributed by atoms with Crippen molar-refractivity contribution in [3.63, 3.8) is 0 Å². The van der Waals surface area contributed by atoms with Crippen LogP contribution in [0.1, 0.15) is 28.6 Å². The third-order valence-electron chi connectivity index (χ3n) is 3.56. The van der Waals surface area contributed by atoms with Gasteiger partial charge in [-0.05, 0) is 25.1 Å². The fraction of sp³-hybridized carbons (Fsp3) is 0.167. The molecular formula is C18H15NO6. The lowest BCUT2D eigenvalue weighted by atomic mass is 10.1. The Morgan fingerprint density at radius 2 is 2.00 bits per heavy atom. The van der Waals surface area contributed by atoms with E-state index in [-0.39, 0.29) is 18.3 Å². The van der Waals surface area contributed by atoms with E-state index in [0.717, 1.165) is 0 Å². The zero-order valence-electron chi connectivity index (χ0n) is 13.6. The second-order valence-electron chi connectivity index (χ2n) is 5.49. The maximum absolute atomic E-state index is 12.0. The number of amides is 1. The Morgan fingerprint density at radius 1 is 1.20 bits per heavy atom. The van der Waals surface area contributed by atoms with E-state index in [2.05, 4.69) is 5.32 Å². The van der Waals surface area contributed by atoms with Crippen LogP contribution < -0.4 is 10.9 Å². The van der Waals surface area contributed by atoms with Gasteiger partial charge in [0.1, 0.15) is 12.2 Å². The Morgan fingerprint density at radius 3 is 2.68 bits per heavy atom. The molecule has 0 atom stereocenters. The number of benzene rings is 1. The van der Waals surface area contributed by atoms with Gasteiger partial charge in [0.25, 0.3) is 0 Å². The molecule has 0 aliphatic carbocycles. The third kappa shape index (κ3) is 3.60. The Hall–Kier alpha value is -3.35. The highest BCUT2D eigenvalue weighted by Crippen LogP contribution is 2.22. The molecule has 1 amide bonds. The molecule has 2 aromatic heterocycles. The van der Waals surface area contributed by atoms with E-state index in [1.165, 1.54) is 19.3 Å². The van der Waals surface area contributed by atoms with Crippen LogP contribution in [0.4, 0.5) is 5.69 Å². The van der Waals surface area contributed by atoms with Gasteiger partial charge in [-0.25, -0.2) is 9.59 Å². The maximum atomic E-state index is 12.0. The van der Waals surface area contributed by atoms with Gasteiger partial charge in [-0.2, -0.15) is 0 Å². The van der Waals surface area contributed by atoms with Crippen LogP contribution in [0.15, 0.2) is 50.2 Å². The Bertz CT molecular complexity index is 1010. The first-order chi connectivity index (χ1) is 11.9. The lowest BCUT2D eigenvalue weighted by molar-refractivity contribution is -0.114. The number of carbonyl (C=O) groups is 2. The maximum Gasteiger partial charge on any atom is 0.374 e. The predicted octanol–water partition coefficient (Wildman–Crippen LogP) is 3.01. The molecule has 0 saturated carbocycles. The van der Waals surface area contributed by atoms with E-state index in [9.17, 15) is 14.4 Å². The van der Waals surface area contributed by atoms with Crippen molar-refractivity contribution < 1.29 is 23.2 Å². The summed E-state index contributed by atoms with van der Waals surface area (Å²) in [4.78, 5) is 34.9. The topological polar surface area (TPSA) is 98.7 Å². The molecule has 0 spiro atoms. The molecule has 0 saturated heterocycles. The highest BCUT2D eigenvalue weighted by molar-refractivity contribution is 5.92. The number of nitrogens with one attached hydrogen (secondary N) is 1. The number of aryl methyl sites for hydroxylation is 1. The van der Waals surface area contributed by atoms with Crippen LogP contribution in [0, 0.1) is 6.92 Å².